The fraction of sp³-hybridized carbons (Fsp3) is 0.136. The third-order valence-electron chi connectivity index (χ3n) is 5.15. The summed E-state index contributed by atoms with van der Waals surface area (Å²) in [7, 11) is 0. The van der Waals surface area contributed by atoms with Gasteiger partial charge >= 0.3 is 0 Å². The molecular formula is C22H16FN5O3S. The van der Waals surface area contributed by atoms with Crippen LogP contribution >= 0.6 is 11.3 Å². The standard InChI is InChI=1S/C22H16FN5O3S/c23-17-8-4-3-7-16(17)19-25-22-28(26-19)13(12-32-22)9-10-24-18(29)11-27-20(30)14-5-1-2-6-15(14)21(27)31/h1-8,12H,9-11H2,(H,24,29). The molecule has 8 nitrogen and oxygen atoms in total. The van der Waals surface area contributed by atoms with Crippen LogP contribution in [0.4, 0.5) is 4.39 Å². The van der Waals surface area contributed by atoms with Crippen LogP contribution in [0.1, 0.15) is 26.4 Å². The first-order chi connectivity index (χ1) is 15.5. The Morgan fingerprint density at radius 1 is 1.00 bits per heavy atom. The van der Waals surface area contributed by atoms with Crippen molar-refractivity contribution < 1.29 is 18.8 Å². The van der Waals surface area contributed by atoms with Crippen LogP contribution < -0.4 is 5.32 Å². The molecule has 160 valence electrons. The van der Waals surface area contributed by atoms with Crippen molar-refractivity contribution in [2.45, 2.75) is 6.42 Å². The lowest BCUT2D eigenvalue weighted by Crippen LogP contribution is -2.40. The number of amides is 3. The van der Waals surface area contributed by atoms with E-state index in [-0.39, 0.29) is 13.1 Å². The summed E-state index contributed by atoms with van der Waals surface area (Å²) < 4.78 is 15.7. The normalized spacial score (nSPS) is 13.1. The zero-order valence-electron chi connectivity index (χ0n) is 16.6. The Morgan fingerprint density at radius 2 is 1.66 bits per heavy atom. The lowest BCUT2D eigenvalue weighted by Gasteiger charge is -2.13. The van der Waals surface area contributed by atoms with Gasteiger partial charge in [-0.2, -0.15) is 4.98 Å². The highest BCUT2D eigenvalue weighted by molar-refractivity contribution is 7.15. The number of halogens is 1. The van der Waals surface area contributed by atoms with E-state index in [0.717, 1.165) is 10.6 Å². The summed E-state index contributed by atoms with van der Waals surface area (Å²) in [5.74, 6) is -1.47. The smallest absolute Gasteiger partial charge is 0.262 e. The lowest BCUT2D eigenvalue weighted by molar-refractivity contribution is -0.121. The highest BCUT2D eigenvalue weighted by atomic mass is 32.1. The maximum absolute atomic E-state index is 14.0. The molecule has 0 radical (unpaired) electrons. The van der Waals surface area contributed by atoms with Crippen LogP contribution in [-0.4, -0.2) is 50.3 Å². The third-order valence-corrected chi connectivity index (χ3v) is 6.01. The fourth-order valence-corrected chi connectivity index (χ4v) is 4.42. The van der Waals surface area contributed by atoms with Gasteiger partial charge in [0.1, 0.15) is 12.4 Å². The number of aromatic nitrogens is 3. The largest absolute Gasteiger partial charge is 0.354 e. The molecule has 0 fully saturated rings. The van der Waals surface area contributed by atoms with E-state index >= 15 is 0 Å². The predicted molar refractivity (Wildman–Crippen MR) is 115 cm³/mol. The fourth-order valence-electron chi connectivity index (χ4n) is 3.57. The molecule has 32 heavy (non-hydrogen) atoms. The Kier molecular flexibility index (Phi) is 4.98. The van der Waals surface area contributed by atoms with E-state index in [0.29, 0.717) is 33.9 Å². The molecule has 0 saturated carbocycles. The minimum Gasteiger partial charge on any atom is -0.354 e. The van der Waals surface area contributed by atoms with Crippen molar-refractivity contribution >= 4 is 34.0 Å². The van der Waals surface area contributed by atoms with E-state index in [1.165, 1.54) is 17.4 Å². The van der Waals surface area contributed by atoms with Crippen molar-refractivity contribution in [3.63, 3.8) is 0 Å². The van der Waals surface area contributed by atoms with E-state index in [9.17, 15) is 18.8 Å². The highest BCUT2D eigenvalue weighted by Crippen LogP contribution is 2.23. The van der Waals surface area contributed by atoms with Crippen LogP contribution in [-0.2, 0) is 11.2 Å². The van der Waals surface area contributed by atoms with E-state index in [1.807, 2.05) is 5.38 Å². The maximum Gasteiger partial charge on any atom is 0.262 e. The molecule has 1 aliphatic heterocycles. The molecule has 0 bridgehead atoms. The minimum atomic E-state index is -0.469. The molecule has 3 heterocycles. The topological polar surface area (TPSA) is 96.7 Å². The van der Waals surface area contributed by atoms with Crippen molar-refractivity contribution in [3.8, 4) is 11.4 Å². The molecular weight excluding hydrogens is 433 g/mol. The monoisotopic (exact) mass is 449 g/mol. The molecule has 0 saturated heterocycles. The predicted octanol–water partition coefficient (Wildman–Crippen LogP) is 2.55. The van der Waals surface area contributed by atoms with Gasteiger partial charge in [-0.1, -0.05) is 24.3 Å². The van der Waals surface area contributed by atoms with Crippen molar-refractivity contribution in [1.29, 1.82) is 0 Å². The second-order valence-electron chi connectivity index (χ2n) is 7.18. The number of carbonyl (C=O) groups excluding carboxylic acids is 3. The minimum absolute atomic E-state index is 0.280. The number of benzene rings is 2. The van der Waals surface area contributed by atoms with Crippen LogP contribution in [0.25, 0.3) is 16.3 Å². The Hall–Kier alpha value is -3.92. The van der Waals surface area contributed by atoms with E-state index in [4.69, 9.17) is 0 Å². The summed E-state index contributed by atoms with van der Waals surface area (Å²) in [5.41, 5.74) is 1.75. The molecule has 3 amide bonds. The van der Waals surface area contributed by atoms with Crippen molar-refractivity contribution in [3.05, 3.63) is 76.5 Å². The van der Waals surface area contributed by atoms with Gasteiger partial charge in [-0.15, -0.1) is 16.4 Å². The van der Waals surface area contributed by atoms with Gasteiger partial charge in [0.2, 0.25) is 10.9 Å². The lowest BCUT2D eigenvalue weighted by atomic mass is 10.1. The van der Waals surface area contributed by atoms with Gasteiger partial charge in [0.15, 0.2) is 5.82 Å². The van der Waals surface area contributed by atoms with Gasteiger partial charge in [-0.25, -0.2) is 8.91 Å². The van der Waals surface area contributed by atoms with Crippen LogP contribution in [0.2, 0.25) is 0 Å². The van der Waals surface area contributed by atoms with Crippen LogP contribution in [0.5, 0.6) is 0 Å². The molecule has 0 spiro atoms. The second kappa shape index (κ2) is 7.97. The highest BCUT2D eigenvalue weighted by Gasteiger charge is 2.36. The van der Waals surface area contributed by atoms with Crippen LogP contribution in [0.3, 0.4) is 0 Å². The molecule has 2 aromatic heterocycles. The second-order valence-corrected chi connectivity index (χ2v) is 8.02. The Labute approximate surface area is 185 Å². The van der Waals surface area contributed by atoms with Gasteiger partial charge in [0, 0.05) is 18.3 Å². The third kappa shape index (κ3) is 3.44. The molecule has 0 atom stereocenters. The van der Waals surface area contributed by atoms with E-state index < -0.39 is 23.5 Å². The maximum atomic E-state index is 14.0. The molecule has 0 aliphatic carbocycles. The van der Waals surface area contributed by atoms with Gasteiger partial charge in [-0.05, 0) is 24.3 Å². The number of hydrogen-bond donors (Lipinski definition) is 1. The average molecular weight is 449 g/mol. The number of fused-ring (bicyclic) bond motifs is 2. The SMILES string of the molecule is O=C(CN1C(=O)c2ccccc2C1=O)NCCc1csc2nc(-c3ccccc3F)nn12. The summed E-state index contributed by atoms with van der Waals surface area (Å²) in [4.78, 5) is 43.0. The Morgan fingerprint density at radius 3 is 2.34 bits per heavy atom. The van der Waals surface area contributed by atoms with Crippen LogP contribution in [0.15, 0.2) is 53.9 Å². The number of nitrogens with one attached hydrogen (secondary N) is 1. The number of carbonyl (C=O) groups is 3. The van der Waals surface area contributed by atoms with Crippen molar-refractivity contribution in [2.24, 2.45) is 0 Å². The van der Waals surface area contributed by atoms with Gasteiger partial charge in [0.25, 0.3) is 11.8 Å². The summed E-state index contributed by atoms with van der Waals surface area (Å²) in [6.45, 7) is -0.0606. The number of nitrogens with zero attached hydrogens (tertiary/aromatic N) is 4. The van der Waals surface area contributed by atoms with Crippen LogP contribution in [0, 0.1) is 5.82 Å². The summed E-state index contributed by atoms with van der Waals surface area (Å²) in [6.07, 6.45) is 0.452. The van der Waals surface area contributed by atoms with Crippen molar-refractivity contribution in [1.82, 2.24) is 24.8 Å². The Balaban J connectivity index is 1.22. The zero-order chi connectivity index (χ0) is 22.2. The number of thiazole rings is 1. The number of hydrogen-bond acceptors (Lipinski definition) is 6. The molecule has 1 N–H and O–H groups in total. The first kappa shape index (κ1) is 20.0. The quantitative estimate of drug-likeness (QED) is 0.457. The summed E-state index contributed by atoms with van der Waals surface area (Å²) >= 11 is 1.37. The average Bonchev–Trinajstić information content (AvgIpc) is 3.44. The molecule has 4 aromatic rings. The first-order valence-electron chi connectivity index (χ1n) is 9.83. The van der Waals surface area contributed by atoms with Gasteiger partial charge < -0.3 is 5.32 Å². The molecule has 5 rings (SSSR count). The number of imide groups is 1. The summed E-state index contributed by atoms with van der Waals surface area (Å²) in [5, 5.41) is 8.99. The molecule has 10 heteroatoms. The molecule has 2 aromatic carbocycles. The summed E-state index contributed by atoms with van der Waals surface area (Å²) in [6, 6.07) is 12.8. The number of rotatable bonds is 6. The van der Waals surface area contributed by atoms with Gasteiger partial charge in [-0.3, -0.25) is 19.3 Å². The van der Waals surface area contributed by atoms with Crippen molar-refractivity contribution in [2.75, 3.05) is 13.1 Å². The van der Waals surface area contributed by atoms with E-state index in [1.54, 1.807) is 47.0 Å². The Bertz CT molecular complexity index is 1340. The van der Waals surface area contributed by atoms with E-state index in [2.05, 4.69) is 15.4 Å². The molecule has 1 aliphatic rings. The van der Waals surface area contributed by atoms with Gasteiger partial charge in [0.05, 0.1) is 22.4 Å². The zero-order valence-corrected chi connectivity index (χ0v) is 17.4. The first-order valence-corrected chi connectivity index (χ1v) is 10.7. The molecule has 0 unspecified atom stereocenters.